The largest absolute Gasteiger partial charge is 0.341 e. The lowest BCUT2D eigenvalue weighted by Crippen LogP contribution is -2.48. The summed E-state index contributed by atoms with van der Waals surface area (Å²) >= 11 is 6.14. The number of carbonyl (C=O) groups excluding carboxylic acids is 1. The van der Waals surface area contributed by atoms with Gasteiger partial charge in [-0.1, -0.05) is 17.7 Å². The maximum Gasteiger partial charge on any atom is 0.318 e. The van der Waals surface area contributed by atoms with Gasteiger partial charge in [-0.25, -0.2) is 4.79 Å². The van der Waals surface area contributed by atoms with Gasteiger partial charge in [0.2, 0.25) is 0 Å². The molecule has 1 aliphatic heterocycles. The third-order valence-corrected chi connectivity index (χ3v) is 5.77. The molecular formula is C19H20ClN5O. The zero-order valence-electron chi connectivity index (χ0n) is 14.3. The van der Waals surface area contributed by atoms with Gasteiger partial charge in [0.15, 0.2) is 0 Å². The molecule has 0 saturated carbocycles. The van der Waals surface area contributed by atoms with Gasteiger partial charge < -0.3 is 14.8 Å². The number of urea groups is 1. The molecule has 1 aliphatic carbocycles. The number of carbonyl (C=O) groups is 1. The lowest BCUT2D eigenvalue weighted by Gasteiger charge is -2.31. The molecule has 7 heteroatoms. The second-order valence-corrected chi connectivity index (χ2v) is 7.61. The number of aromatic nitrogens is 3. The number of amides is 2. The Morgan fingerprint density at radius 1 is 1.31 bits per heavy atom. The summed E-state index contributed by atoms with van der Waals surface area (Å²) < 4.78 is 2.27. The van der Waals surface area contributed by atoms with Crippen LogP contribution in [-0.4, -0.2) is 38.3 Å². The van der Waals surface area contributed by atoms with E-state index in [1.807, 2.05) is 29.3 Å². The quantitative estimate of drug-likeness (QED) is 0.692. The first-order chi connectivity index (χ1) is 12.7. The second kappa shape index (κ2) is 6.06. The van der Waals surface area contributed by atoms with Gasteiger partial charge in [-0.15, -0.1) is 0 Å². The van der Waals surface area contributed by atoms with E-state index in [1.165, 1.54) is 10.9 Å². The summed E-state index contributed by atoms with van der Waals surface area (Å²) in [6, 6.07) is 8.29. The van der Waals surface area contributed by atoms with Crippen LogP contribution in [-0.2, 0) is 25.9 Å². The standard InChI is InChI=1S/C19H20ClN5O/c20-14-3-1-12-7-16-11-24(5-6-25(16)18(12)8-14)19(26)22-15-4-2-13-10-21-23-17(13)9-15/h1,3,7-8,10,15H,2,4-6,9,11H2,(H,21,23)(H,22,26)/t15-/m0/s1. The molecule has 2 aromatic heterocycles. The van der Waals surface area contributed by atoms with E-state index in [4.69, 9.17) is 11.6 Å². The lowest BCUT2D eigenvalue weighted by atomic mass is 9.94. The molecule has 0 fully saturated rings. The van der Waals surface area contributed by atoms with Crippen LogP contribution in [0, 0.1) is 0 Å². The number of aryl methyl sites for hydroxylation is 1. The van der Waals surface area contributed by atoms with Crippen molar-refractivity contribution in [1.29, 1.82) is 0 Å². The van der Waals surface area contributed by atoms with Crippen LogP contribution >= 0.6 is 11.6 Å². The molecular weight excluding hydrogens is 350 g/mol. The number of hydrogen-bond donors (Lipinski definition) is 2. The first-order valence-electron chi connectivity index (χ1n) is 9.01. The molecule has 26 heavy (non-hydrogen) atoms. The summed E-state index contributed by atoms with van der Waals surface area (Å²) in [5.74, 6) is 0. The Kier molecular flexibility index (Phi) is 3.67. The molecule has 5 rings (SSSR count). The van der Waals surface area contributed by atoms with Gasteiger partial charge in [-0.05, 0) is 36.6 Å². The number of fused-ring (bicyclic) bond motifs is 4. The van der Waals surface area contributed by atoms with Crippen molar-refractivity contribution in [2.75, 3.05) is 6.54 Å². The van der Waals surface area contributed by atoms with Crippen molar-refractivity contribution < 1.29 is 4.79 Å². The summed E-state index contributed by atoms with van der Waals surface area (Å²) in [6.45, 7) is 2.12. The summed E-state index contributed by atoms with van der Waals surface area (Å²) in [6.07, 6.45) is 4.65. The van der Waals surface area contributed by atoms with E-state index >= 15 is 0 Å². The number of aromatic amines is 1. The molecule has 2 amide bonds. The van der Waals surface area contributed by atoms with E-state index < -0.39 is 0 Å². The Balaban J connectivity index is 1.30. The van der Waals surface area contributed by atoms with Crippen LogP contribution in [0.4, 0.5) is 4.79 Å². The Labute approximate surface area is 156 Å². The minimum absolute atomic E-state index is 0.0208. The highest BCUT2D eigenvalue weighted by Gasteiger charge is 2.26. The zero-order valence-corrected chi connectivity index (χ0v) is 15.1. The van der Waals surface area contributed by atoms with E-state index in [1.54, 1.807) is 0 Å². The number of H-pyrrole nitrogens is 1. The Bertz CT molecular complexity index is 991. The highest BCUT2D eigenvalue weighted by Crippen LogP contribution is 2.27. The molecule has 0 bridgehead atoms. The average molecular weight is 370 g/mol. The molecule has 0 unspecified atom stereocenters. The topological polar surface area (TPSA) is 66.0 Å². The van der Waals surface area contributed by atoms with Crippen LogP contribution in [0.15, 0.2) is 30.5 Å². The molecule has 3 aromatic rings. The van der Waals surface area contributed by atoms with Crippen LogP contribution in [0.3, 0.4) is 0 Å². The van der Waals surface area contributed by atoms with Gasteiger partial charge >= 0.3 is 6.03 Å². The predicted octanol–water partition coefficient (Wildman–Crippen LogP) is 3.10. The normalized spacial score (nSPS) is 19.3. The van der Waals surface area contributed by atoms with Crippen LogP contribution < -0.4 is 5.32 Å². The summed E-state index contributed by atoms with van der Waals surface area (Å²) in [7, 11) is 0. The van der Waals surface area contributed by atoms with Gasteiger partial charge in [0.25, 0.3) is 0 Å². The molecule has 0 spiro atoms. The van der Waals surface area contributed by atoms with Gasteiger partial charge in [0.05, 0.1) is 12.7 Å². The van der Waals surface area contributed by atoms with Gasteiger partial charge in [-0.3, -0.25) is 5.10 Å². The third-order valence-electron chi connectivity index (χ3n) is 5.53. The number of benzene rings is 1. The molecule has 6 nitrogen and oxygen atoms in total. The maximum atomic E-state index is 12.8. The van der Waals surface area contributed by atoms with E-state index in [9.17, 15) is 4.79 Å². The first-order valence-corrected chi connectivity index (χ1v) is 9.39. The molecule has 2 aliphatic rings. The molecule has 3 heterocycles. The first kappa shape index (κ1) is 15.8. The van der Waals surface area contributed by atoms with E-state index in [2.05, 4.69) is 26.1 Å². The third kappa shape index (κ3) is 2.65. The number of halogens is 1. The SMILES string of the molecule is O=C(N[C@H]1CCc2cn[nH]c2C1)N1CCn2c(cc3ccc(Cl)cc32)C1. The van der Waals surface area contributed by atoms with Crippen molar-refractivity contribution in [1.82, 2.24) is 25.0 Å². The summed E-state index contributed by atoms with van der Waals surface area (Å²) in [5, 5.41) is 12.3. The molecule has 1 aromatic carbocycles. The maximum absolute atomic E-state index is 12.8. The smallest absolute Gasteiger partial charge is 0.318 e. The van der Waals surface area contributed by atoms with Crippen molar-refractivity contribution in [2.24, 2.45) is 0 Å². The van der Waals surface area contributed by atoms with Crippen molar-refractivity contribution in [3.05, 3.63) is 52.4 Å². The number of hydrogen-bond acceptors (Lipinski definition) is 2. The van der Waals surface area contributed by atoms with Crippen molar-refractivity contribution in [3.8, 4) is 0 Å². The van der Waals surface area contributed by atoms with Crippen molar-refractivity contribution in [3.63, 3.8) is 0 Å². The van der Waals surface area contributed by atoms with Crippen LogP contribution in [0.1, 0.15) is 23.4 Å². The number of rotatable bonds is 1. The lowest BCUT2D eigenvalue weighted by molar-refractivity contribution is 0.179. The molecule has 0 saturated heterocycles. The van der Waals surface area contributed by atoms with Crippen LogP contribution in [0.25, 0.3) is 10.9 Å². The number of nitrogens with zero attached hydrogens (tertiary/aromatic N) is 3. The van der Waals surface area contributed by atoms with E-state index in [0.29, 0.717) is 13.1 Å². The molecule has 134 valence electrons. The van der Waals surface area contributed by atoms with Gasteiger partial charge in [0, 0.05) is 52.9 Å². The van der Waals surface area contributed by atoms with Crippen LogP contribution in [0.2, 0.25) is 5.02 Å². The highest BCUT2D eigenvalue weighted by molar-refractivity contribution is 6.31. The fraction of sp³-hybridized carbons (Fsp3) is 0.368. The van der Waals surface area contributed by atoms with Gasteiger partial charge in [-0.2, -0.15) is 5.10 Å². The van der Waals surface area contributed by atoms with Crippen LogP contribution in [0.5, 0.6) is 0 Å². The predicted molar refractivity (Wildman–Crippen MR) is 100 cm³/mol. The fourth-order valence-corrected chi connectivity index (χ4v) is 4.31. The minimum Gasteiger partial charge on any atom is -0.341 e. The molecule has 1 atom stereocenters. The average Bonchev–Trinajstić information content (AvgIpc) is 3.24. The Hall–Kier alpha value is -2.47. The van der Waals surface area contributed by atoms with E-state index in [0.717, 1.165) is 47.7 Å². The van der Waals surface area contributed by atoms with Crippen molar-refractivity contribution in [2.45, 2.75) is 38.4 Å². The fourth-order valence-electron chi connectivity index (χ4n) is 4.15. The molecule has 2 N–H and O–H groups in total. The zero-order chi connectivity index (χ0) is 17.7. The molecule has 0 radical (unpaired) electrons. The highest BCUT2D eigenvalue weighted by atomic mass is 35.5. The second-order valence-electron chi connectivity index (χ2n) is 7.18. The van der Waals surface area contributed by atoms with Crippen molar-refractivity contribution >= 4 is 28.5 Å². The summed E-state index contributed by atoms with van der Waals surface area (Å²) in [4.78, 5) is 14.7. The Morgan fingerprint density at radius 3 is 3.15 bits per heavy atom. The van der Waals surface area contributed by atoms with Gasteiger partial charge in [0.1, 0.15) is 0 Å². The summed E-state index contributed by atoms with van der Waals surface area (Å²) in [5.41, 5.74) is 4.73. The van der Waals surface area contributed by atoms with E-state index in [-0.39, 0.29) is 12.1 Å². The Morgan fingerprint density at radius 2 is 2.23 bits per heavy atom. The minimum atomic E-state index is 0.0208. The monoisotopic (exact) mass is 369 g/mol. The number of nitrogens with one attached hydrogen (secondary N) is 2.